The Balaban J connectivity index is 2.19. The van der Waals surface area contributed by atoms with Gasteiger partial charge in [0.1, 0.15) is 0 Å². The van der Waals surface area contributed by atoms with Crippen LogP contribution in [0.25, 0.3) is 0 Å². The number of rotatable bonds is 6. The van der Waals surface area contributed by atoms with E-state index in [1.165, 1.54) is 32.1 Å². The number of nitrogens with zero attached hydrogens (tertiary/aromatic N) is 1. The Labute approximate surface area is 104 Å². The normalized spacial score (nSPS) is 22.1. The molecule has 1 saturated heterocycles. The first-order chi connectivity index (χ1) is 8.26. The van der Waals surface area contributed by atoms with Crippen molar-refractivity contribution in [1.29, 1.82) is 0 Å². The average Bonchev–Trinajstić information content (AvgIpc) is 2.53. The molecule has 1 heterocycles. The van der Waals surface area contributed by atoms with Gasteiger partial charge < -0.3 is 9.74 Å². The first-order valence-corrected chi connectivity index (χ1v) is 6.64. The summed E-state index contributed by atoms with van der Waals surface area (Å²) >= 11 is 0. The van der Waals surface area contributed by atoms with Crippen LogP contribution in [0.1, 0.15) is 45.4 Å². The summed E-state index contributed by atoms with van der Waals surface area (Å²) in [6.07, 6.45) is 6.86. The lowest BCUT2D eigenvalue weighted by atomic mass is 9.96. The molecule has 1 rings (SSSR count). The molecule has 0 bridgehead atoms. The minimum absolute atomic E-state index is 0.290. The number of nitrogens with two attached hydrogens (primary N) is 1. The first-order valence-electron chi connectivity index (χ1n) is 6.64. The van der Waals surface area contributed by atoms with E-state index in [1.54, 1.807) is 0 Å². The highest BCUT2D eigenvalue weighted by molar-refractivity contribution is 5.69. The molecule has 0 aromatic carbocycles. The van der Waals surface area contributed by atoms with Crippen molar-refractivity contribution >= 4 is 5.97 Å². The predicted octanol–water partition coefficient (Wildman–Crippen LogP) is 1.20. The number of nitrogens with one attached hydrogen (secondary N) is 1. The molecule has 100 valence electrons. The molecule has 1 aliphatic rings. The molecule has 3 N–H and O–H groups in total. The zero-order chi connectivity index (χ0) is 12.5. The minimum Gasteiger partial charge on any atom is -0.356 e. The van der Waals surface area contributed by atoms with Gasteiger partial charge in [-0.25, -0.2) is 5.84 Å². The first kappa shape index (κ1) is 14.4. The van der Waals surface area contributed by atoms with Gasteiger partial charge in [-0.15, -0.1) is 0 Å². The van der Waals surface area contributed by atoms with Crippen molar-refractivity contribution in [2.75, 3.05) is 19.6 Å². The molecule has 1 atom stereocenters. The SMILES string of the molecule is CCCC1CCCN(CCC(=O)ONN)CC1. The quantitative estimate of drug-likeness (QED) is 0.542. The fraction of sp³-hybridized carbons (Fsp3) is 0.917. The molecule has 5 nitrogen and oxygen atoms in total. The Morgan fingerprint density at radius 2 is 2.29 bits per heavy atom. The van der Waals surface area contributed by atoms with Crippen molar-refractivity contribution < 1.29 is 9.63 Å². The number of carbonyl (C=O) groups excluding carboxylic acids is 1. The van der Waals surface area contributed by atoms with Crippen LogP contribution < -0.4 is 11.4 Å². The predicted molar refractivity (Wildman–Crippen MR) is 66.7 cm³/mol. The van der Waals surface area contributed by atoms with E-state index in [-0.39, 0.29) is 5.97 Å². The Hall–Kier alpha value is -0.650. The second-order valence-electron chi connectivity index (χ2n) is 4.77. The number of hydrogen-bond donors (Lipinski definition) is 2. The molecule has 5 heteroatoms. The highest BCUT2D eigenvalue weighted by atomic mass is 16.7. The third kappa shape index (κ3) is 6.00. The average molecular weight is 243 g/mol. The van der Waals surface area contributed by atoms with Crippen LogP contribution >= 0.6 is 0 Å². The van der Waals surface area contributed by atoms with Crippen LogP contribution in [0.15, 0.2) is 0 Å². The van der Waals surface area contributed by atoms with Gasteiger partial charge in [0.25, 0.3) is 0 Å². The number of hydrogen-bond acceptors (Lipinski definition) is 5. The summed E-state index contributed by atoms with van der Waals surface area (Å²) in [5.41, 5.74) is 1.92. The smallest absolute Gasteiger partial charge is 0.327 e. The molecule has 0 aliphatic carbocycles. The lowest BCUT2D eigenvalue weighted by Gasteiger charge is -2.19. The summed E-state index contributed by atoms with van der Waals surface area (Å²) in [5.74, 6) is 5.50. The van der Waals surface area contributed by atoms with E-state index in [0.717, 1.165) is 25.6 Å². The van der Waals surface area contributed by atoms with Crippen LogP contribution in [0.2, 0.25) is 0 Å². The molecule has 0 amide bonds. The van der Waals surface area contributed by atoms with E-state index in [0.29, 0.717) is 6.42 Å². The van der Waals surface area contributed by atoms with Gasteiger partial charge in [-0.3, -0.25) is 4.79 Å². The molecule has 1 unspecified atom stereocenters. The Morgan fingerprint density at radius 3 is 3.00 bits per heavy atom. The summed E-state index contributed by atoms with van der Waals surface area (Å²) in [5, 5.41) is 0. The second kappa shape index (κ2) is 8.44. The lowest BCUT2D eigenvalue weighted by molar-refractivity contribution is -0.151. The van der Waals surface area contributed by atoms with Crippen molar-refractivity contribution in [3.8, 4) is 0 Å². The van der Waals surface area contributed by atoms with Crippen LogP contribution in [0.4, 0.5) is 0 Å². The van der Waals surface area contributed by atoms with Gasteiger partial charge in [0.05, 0.1) is 6.42 Å². The maximum Gasteiger partial charge on any atom is 0.327 e. The maximum atomic E-state index is 11.1. The van der Waals surface area contributed by atoms with Gasteiger partial charge in [0.15, 0.2) is 0 Å². The van der Waals surface area contributed by atoms with Gasteiger partial charge in [0, 0.05) is 6.54 Å². The molecular formula is C12H25N3O2. The Morgan fingerprint density at radius 1 is 1.47 bits per heavy atom. The van der Waals surface area contributed by atoms with Gasteiger partial charge in [-0.2, -0.15) is 0 Å². The van der Waals surface area contributed by atoms with Gasteiger partial charge in [-0.05, 0) is 38.3 Å². The van der Waals surface area contributed by atoms with Crippen LogP contribution in [0.5, 0.6) is 0 Å². The highest BCUT2D eigenvalue weighted by Gasteiger charge is 2.17. The van der Waals surface area contributed by atoms with Crippen LogP contribution in [-0.4, -0.2) is 30.5 Å². The molecular weight excluding hydrogens is 218 g/mol. The molecule has 17 heavy (non-hydrogen) atoms. The third-order valence-electron chi connectivity index (χ3n) is 3.44. The molecule has 0 radical (unpaired) electrons. The third-order valence-corrected chi connectivity index (χ3v) is 3.44. The van der Waals surface area contributed by atoms with Crippen LogP contribution in [0, 0.1) is 5.92 Å². The summed E-state index contributed by atoms with van der Waals surface area (Å²) in [4.78, 5) is 18.0. The molecule has 0 saturated carbocycles. The monoisotopic (exact) mass is 243 g/mol. The molecule has 0 aromatic rings. The van der Waals surface area contributed by atoms with Gasteiger partial charge in [-0.1, -0.05) is 25.4 Å². The summed E-state index contributed by atoms with van der Waals surface area (Å²) in [6.45, 7) is 5.23. The minimum atomic E-state index is -0.290. The van der Waals surface area contributed by atoms with E-state index < -0.39 is 0 Å². The molecule has 1 fully saturated rings. The van der Waals surface area contributed by atoms with Crippen molar-refractivity contribution in [3.05, 3.63) is 0 Å². The summed E-state index contributed by atoms with van der Waals surface area (Å²) in [7, 11) is 0. The standard InChI is InChI=1S/C12H25N3O2/c1-2-4-11-5-3-8-15(9-6-11)10-7-12(16)17-14-13/h11,14H,2-10,13H2,1H3. The highest BCUT2D eigenvalue weighted by Crippen LogP contribution is 2.21. The summed E-state index contributed by atoms with van der Waals surface area (Å²) < 4.78 is 0. The van der Waals surface area contributed by atoms with Gasteiger partial charge in [0.2, 0.25) is 0 Å². The van der Waals surface area contributed by atoms with Crippen LogP contribution in [0.3, 0.4) is 0 Å². The Kier molecular flexibility index (Phi) is 7.16. The molecule has 1 aliphatic heterocycles. The number of likely N-dealkylation sites (tertiary alicyclic amines) is 1. The van der Waals surface area contributed by atoms with Crippen molar-refractivity contribution in [1.82, 2.24) is 10.5 Å². The number of hydrazine groups is 1. The van der Waals surface area contributed by atoms with Crippen molar-refractivity contribution in [2.24, 2.45) is 11.8 Å². The summed E-state index contributed by atoms with van der Waals surface area (Å²) in [6, 6.07) is 0. The lowest BCUT2D eigenvalue weighted by Crippen LogP contribution is -2.31. The van der Waals surface area contributed by atoms with E-state index in [4.69, 9.17) is 5.84 Å². The second-order valence-corrected chi connectivity index (χ2v) is 4.77. The fourth-order valence-electron chi connectivity index (χ4n) is 2.51. The van der Waals surface area contributed by atoms with E-state index in [2.05, 4.69) is 16.7 Å². The van der Waals surface area contributed by atoms with E-state index in [1.807, 2.05) is 5.59 Å². The van der Waals surface area contributed by atoms with Crippen LogP contribution in [-0.2, 0) is 9.63 Å². The fourth-order valence-corrected chi connectivity index (χ4v) is 2.51. The number of carbonyl (C=O) groups is 1. The largest absolute Gasteiger partial charge is 0.356 e. The zero-order valence-electron chi connectivity index (χ0n) is 10.8. The van der Waals surface area contributed by atoms with Gasteiger partial charge >= 0.3 is 5.97 Å². The van der Waals surface area contributed by atoms with Crippen molar-refractivity contribution in [2.45, 2.75) is 45.4 Å². The maximum absolute atomic E-state index is 11.1. The molecule has 0 spiro atoms. The topological polar surface area (TPSA) is 67.6 Å². The van der Waals surface area contributed by atoms with E-state index >= 15 is 0 Å². The van der Waals surface area contributed by atoms with Crippen molar-refractivity contribution in [3.63, 3.8) is 0 Å². The molecule has 0 aromatic heterocycles. The zero-order valence-corrected chi connectivity index (χ0v) is 10.8. The Bertz CT molecular complexity index is 224. The van der Waals surface area contributed by atoms with E-state index in [9.17, 15) is 4.79 Å².